The van der Waals surface area contributed by atoms with E-state index in [0.29, 0.717) is 19.3 Å². The summed E-state index contributed by atoms with van der Waals surface area (Å²) in [5.41, 5.74) is 0. The number of esters is 3. The van der Waals surface area contributed by atoms with Crippen molar-refractivity contribution < 1.29 is 28.6 Å². The molecule has 6 heteroatoms. The van der Waals surface area contributed by atoms with Gasteiger partial charge in [0, 0.05) is 19.3 Å². The lowest BCUT2D eigenvalue weighted by Gasteiger charge is -2.18. The highest BCUT2D eigenvalue weighted by Gasteiger charge is 2.19. The highest BCUT2D eigenvalue weighted by Crippen LogP contribution is 2.14. The Balaban J connectivity index is 4.20. The molecule has 0 bridgehead atoms. The Hall–Kier alpha value is -4.19. The first-order valence-corrected chi connectivity index (χ1v) is 29.0. The molecule has 0 N–H and O–H groups in total. The van der Waals surface area contributed by atoms with Crippen molar-refractivity contribution in [3.05, 3.63) is 122 Å². The minimum atomic E-state index is -0.789. The minimum Gasteiger partial charge on any atom is -0.462 e. The van der Waals surface area contributed by atoms with Crippen molar-refractivity contribution in [3.8, 4) is 0 Å². The Kier molecular flexibility index (Phi) is 54.9. The Morgan fingerprint density at radius 1 is 0.296 bits per heavy atom. The maximum absolute atomic E-state index is 12.8. The number of hydrogen-bond donors (Lipinski definition) is 0. The van der Waals surface area contributed by atoms with Crippen LogP contribution in [-0.2, 0) is 28.6 Å². The van der Waals surface area contributed by atoms with E-state index in [1.165, 1.54) is 64.2 Å². The van der Waals surface area contributed by atoms with E-state index in [0.717, 1.165) is 148 Å². The van der Waals surface area contributed by atoms with Crippen LogP contribution in [0.1, 0.15) is 252 Å². The molecule has 0 aliphatic carbocycles. The van der Waals surface area contributed by atoms with Crippen LogP contribution < -0.4 is 0 Å². The number of rotatable bonds is 51. The van der Waals surface area contributed by atoms with Crippen molar-refractivity contribution in [2.75, 3.05) is 13.2 Å². The average Bonchev–Trinajstić information content (AvgIpc) is 3.37. The first-order valence-electron chi connectivity index (χ1n) is 29.0. The van der Waals surface area contributed by atoms with E-state index in [-0.39, 0.29) is 31.1 Å². The normalized spacial score (nSPS) is 13.0. The van der Waals surface area contributed by atoms with E-state index < -0.39 is 6.10 Å². The largest absolute Gasteiger partial charge is 0.462 e. The molecule has 0 saturated heterocycles. The van der Waals surface area contributed by atoms with Gasteiger partial charge >= 0.3 is 17.9 Å². The van der Waals surface area contributed by atoms with E-state index >= 15 is 0 Å². The molecule has 6 nitrogen and oxygen atoms in total. The number of allylic oxidation sites excluding steroid dienone is 20. The van der Waals surface area contributed by atoms with Gasteiger partial charge in [-0.1, -0.05) is 245 Å². The quantitative estimate of drug-likeness (QED) is 0.0261. The molecule has 0 spiro atoms. The second kappa shape index (κ2) is 58.4. The predicted molar refractivity (Wildman–Crippen MR) is 306 cm³/mol. The zero-order valence-corrected chi connectivity index (χ0v) is 45.9. The lowest BCUT2D eigenvalue weighted by atomic mass is 10.1. The summed E-state index contributed by atoms with van der Waals surface area (Å²) in [6.07, 6.45) is 80.7. The van der Waals surface area contributed by atoms with Gasteiger partial charge in [0.25, 0.3) is 0 Å². The second-order valence-electron chi connectivity index (χ2n) is 18.8. The van der Waals surface area contributed by atoms with Gasteiger partial charge in [0.2, 0.25) is 0 Å². The molecular weight excluding hydrogens is 877 g/mol. The van der Waals surface area contributed by atoms with Gasteiger partial charge in [-0.25, -0.2) is 0 Å². The van der Waals surface area contributed by atoms with Crippen LogP contribution in [0.4, 0.5) is 0 Å². The molecular formula is C65H106O6. The first kappa shape index (κ1) is 66.8. The Morgan fingerprint density at radius 3 is 0.915 bits per heavy atom. The molecule has 0 radical (unpaired) electrons. The fourth-order valence-electron chi connectivity index (χ4n) is 7.59. The van der Waals surface area contributed by atoms with E-state index in [1.807, 2.05) is 0 Å². The SMILES string of the molecule is CC/C=C\C/C=C\C/C=C\C/C=C\C/C=C\C/C=C\C/C=C\C/C=C\C/C=C\CCCCCCCC(=O)OCC(COC(=O)CCCCCCCCCCC)OC(=O)CCCCCCC/C=C\CCCC. The number of carbonyl (C=O) groups is 3. The van der Waals surface area contributed by atoms with Crippen molar-refractivity contribution in [1.82, 2.24) is 0 Å². The van der Waals surface area contributed by atoms with E-state index in [4.69, 9.17) is 14.2 Å². The fourth-order valence-corrected chi connectivity index (χ4v) is 7.59. The lowest BCUT2D eigenvalue weighted by molar-refractivity contribution is -0.167. The van der Waals surface area contributed by atoms with Crippen molar-refractivity contribution >= 4 is 17.9 Å². The highest BCUT2D eigenvalue weighted by molar-refractivity contribution is 5.71. The van der Waals surface area contributed by atoms with Gasteiger partial charge in [0.05, 0.1) is 0 Å². The topological polar surface area (TPSA) is 78.9 Å². The number of ether oxygens (including phenoxy) is 3. The van der Waals surface area contributed by atoms with Gasteiger partial charge in [-0.05, 0) is 109 Å². The molecule has 0 aromatic carbocycles. The smallest absolute Gasteiger partial charge is 0.306 e. The average molecular weight is 984 g/mol. The molecule has 0 fully saturated rings. The molecule has 402 valence electrons. The molecule has 0 amide bonds. The molecule has 0 heterocycles. The molecule has 0 aromatic rings. The van der Waals surface area contributed by atoms with E-state index in [2.05, 4.69) is 142 Å². The van der Waals surface area contributed by atoms with Gasteiger partial charge in [-0.2, -0.15) is 0 Å². The maximum atomic E-state index is 12.8. The third kappa shape index (κ3) is 56.6. The van der Waals surface area contributed by atoms with Gasteiger partial charge in [0.15, 0.2) is 6.10 Å². The lowest BCUT2D eigenvalue weighted by Crippen LogP contribution is -2.30. The van der Waals surface area contributed by atoms with Crippen LogP contribution in [0.25, 0.3) is 0 Å². The molecule has 71 heavy (non-hydrogen) atoms. The highest BCUT2D eigenvalue weighted by atomic mass is 16.6. The summed E-state index contributed by atoms with van der Waals surface area (Å²) in [6, 6.07) is 0. The van der Waals surface area contributed by atoms with Crippen LogP contribution in [0.5, 0.6) is 0 Å². The van der Waals surface area contributed by atoms with Crippen LogP contribution >= 0.6 is 0 Å². The third-order valence-electron chi connectivity index (χ3n) is 12.0. The Morgan fingerprint density at radius 2 is 0.563 bits per heavy atom. The fraction of sp³-hybridized carbons (Fsp3) is 0.646. The van der Waals surface area contributed by atoms with Crippen molar-refractivity contribution in [1.29, 1.82) is 0 Å². The van der Waals surface area contributed by atoms with Crippen LogP contribution in [0.15, 0.2) is 122 Å². The van der Waals surface area contributed by atoms with Crippen LogP contribution in [-0.4, -0.2) is 37.2 Å². The molecule has 0 saturated carbocycles. The minimum absolute atomic E-state index is 0.0878. The summed E-state index contributed by atoms with van der Waals surface area (Å²) in [7, 11) is 0. The Bertz CT molecular complexity index is 1500. The van der Waals surface area contributed by atoms with Gasteiger partial charge in [-0.3, -0.25) is 14.4 Å². The maximum Gasteiger partial charge on any atom is 0.306 e. The third-order valence-corrected chi connectivity index (χ3v) is 12.0. The summed E-state index contributed by atoms with van der Waals surface area (Å²) >= 11 is 0. The standard InChI is InChI=1S/C65H106O6/c1-4-7-10-13-16-19-21-22-23-24-25-26-27-28-29-30-31-32-33-34-35-36-37-38-39-40-41-42-44-46-49-52-55-58-64(67)70-61-62(60-69-63(66)57-54-51-48-45-18-15-12-9-6-3)71-65(68)59-56-53-50-47-43-20-17-14-11-8-5-2/h7,10,14,16-17,19,22-23,25-26,28-29,31-32,34-35,37-38,40-41,62H,4-6,8-9,11-13,15,18,20-21,24,27,30,33,36,39,42-61H2,1-3H3/b10-7-,17-14-,19-16-,23-22-,26-25-,29-28-,32-31-,35-34-,38-37-,41-40-. The first-order chi connectivity index (χ1) is 35.0. The number of carbonyl (C=O) groups excluding carboxylic acids is 3. The van der Waals surface area contributed by atoms with Crippen molar-refractivity contribution in [3.63, 3.8) is 0 Å². The van der Waals surface area contributed by atoms with Gasteiger partial charge < -0.3 is 14.2 Å². The van der Waals surface area contributed by atoms with Crippen LogP contribution in [0, 0.1) is 0 Å². The van der Waals surface area contributed by atoms with Gasteiger partial charge in [0.1, 0.15) is 13.2 Å². The molecule has 0 aromatic heterocycles. The van der Waals surface area contributed by atoms with Gasteiger partial charge in [-0.15, -0.1) is 0 Å². The van der Waals surface area contributed by atoms with Crippen LogP contribution in [0.3, 0.4) is 0 Å². The van der Waals surface area contributed by atoms with E-state index in [1.54, 1.807) is 0 Å². The zero-order chi connectivity index (χ0) is 51.4. The number of unbranched alkanes of at least 4 members (excludes halogenated alkanes) is 20. The molecule has 0 rings (SSSR count). The number of hydrogen-bond acceptors (Lipinski definition) is 6. The summed E-state index contributed by atoms with van der Waals surface area (Å²) in [6.45, 7) is 6.43. The molecule has 0 aliphatic heterocycles. The molecule has 1 atom stereocenters. The summed E-state index contributed by atoms with van der Waals surface area (Å²) < 4.78 is 16.7. The van der Waals surface area contributed by atoms with Crippen LogP contribution in [0.2, 0.25) is 0 Å². The van der Waals surface area contributed by atoms with Crippen molar-refractivity contribution in [2.24, 2.45) is 0 Å². The monoisotopic (exact) mass is 983 g/mol. The summed E-state index contributed by atoms with van der Waals surface area (Å²) in [4.78, 5) is 37.9. The second-order valence-corrected chi connectivity index (χ2v) is 18.8. The zero-order valence-electron chi connectivity index (χ0n) is 45.9. The Labute approximate surface area is 437 Å². The predicted octanol–water partition coefficient (Wildman–Crippen LogP) is 19.6. The molecule has 1 unspecified atom stereocenters. The molecule has 0 aliphatic rings. The van der Waals surface area contributed by atoms with E-state index in [9.17, 15) is 14.4 Å². The summed E-state index contributed by atoms with van der Waals surface area (Å²) in [5, 5.41) is 0. The summed E-state index contributed by atoms with van der Waals surface area (Å²) in [5.74, 6) is -0.924. The van der Waals surface area contributed by atoms with Crippen molar-refractivity contribution in [2.45, 2.75) is 258 Å².